The van der Waals surface area contributed by atoms with Gasteiger partial charge in [-0.15, -0.1) is 0 Å². The normalized spacial score (nSPS) is 30.0. The van der Waals surface area contributed by atoms with Crippen molar-refractivity contribution in [1.82, 2.24) is 29.2 Å². The van der Waals surface area contributed by atoms with E-state index in [2.05, 4.69) is 33.3 Å². The minimum absolute atomic E-state index is 0.0237. The van der Waals surface area contributed by atoms with Crippen LogP contribution in [0.5, 0.6) is 23.3 Å². The van der Waals surface area contributed by atoms with E-state index >= 15 is 0 Å². The Kier molecular flexibility index (Phi) is 25.4. The molecule has 4 amide bonds. The summed E-state index contributed by atoms with van der Waals surface area (Å²) in [4.78, 5) is 125. The van der Waals surface area contributed by atoms with E-state index in [9.17, 15) is 64.0 Å². The molecule has 4 aromatic rings. The molecule has 12 rings (SSSR count). The van der Waals surface area contributed by atoms with Crippen LogP contribution in [-0.2, 0) is 67.9 Å². The second kappa shape index (κ2) is 33.3. The highest BCUT2D eigenvalue weighted by molar-refractivity contribution is 7.92. The summed E-state index contributed by atoms with van der Waals surface area (Å²) in [6.07, 6.45) is 10.1. The summed E-state index contributed by atoms with van der Waals surface area (Å²) in [5.41, 5.74) is -4.37. The van der Waals surface area contributed by atoms with Crippen LogP contribution in [0.2, 0.25) is 10.3 Å². The molecule has 2 aromatic carbocycles. The van der Waals surface area contributed by atoms with E-state index in [0.29, 0.717) is 58.7 Å². The Bertz CT molecular complexity index is 4320. The maximum Gasteiger partial charge on any atom is 0.307 e. The Hall–Kier alpha value is -7.56. The summed E-state index contributed by atoms with van der Waals surface area (Å²) >= 11 is 12.8. The smallest absolute Gasteiger partial charge is 0.307 e. The molecule has 0 radical (unpaired) electrons. The lowest BCUT2D eigenvalue weighted by Crippen LogP contribution is -2.48. The van der Waals surface area contributed by atoms with Crippen molar-refractivity contribution in [2.45, 2.75) is 230 Å². The lowest BCUT2D eigenvalue weighted by atomic mass is 9.82. The second-order valence-corrected chi connectivity index (χ2v) is 39.7. The zero-order valence-electron chi connectivity index (χ0n) is 65.9. The molecule has 4 saturated carbocycles. The average molecular weight is 1640 g/mol. The molecule has 2 N–H and O–H groups in total. The first kappa shape index (κ1) is 85.3. The van der Waals surface area contributed by atoms with Gasteiger partial charge in [-0.25, -0.2) is 35.6 Å². The van der Waals surface area contributed by atoms with E-state index in [1.807, 2.05) is 38.2 Å². The number of ketones is 2. The number of methoxy groups -OCH3 is 2. The summed E-state index contributed by atoms with van der Waals surface area (Å²) < 4.78 is 117. The van der Waals surface area contributed by atoms with Crippen LogP contribution in [0.15, 0.2) is 72.8 Å². The molecule has 0 spiro atoms. The molecule has 612 valence electrons. The van der Waals surface area contributed by atoms with Crippen molar-refractivity contribution in [1.29, 1.82) is 0 Å². The number of halogens is 4. The van der Waals surface area contributed by atoms with Gasteiger partial charge in [0, 0.05) is 36.5 Å². The van der Waals surface area contributed by atoms with Crippen LogP contribution in [0.4, 0.5) is 8.78 Å². The van der Waals surface area contributed by atoms with Gasteiger partial charge in [0.2, 0.25) is 55.4 Å². The van der Waals surface area contributed by atoms with Gasteiger partial charge in [0.05, 0.1) is 74.9 Å². The minimum atomic E-state index is -4.35. The van der Waals surface area contributed by atoms with Crippen LogP contribution in [0.3, 0.4) is 0 Å². The number of nitrogens with zero attached hydrogens (tertiary/aromatic N) is 4. The number of rotatable bonds is 18. The number of carbonyl (C=O) groups is 8. The Morgan fingerprint density at radius 1 is 0.562 bits per heavy atom. The van der Waals surface area contributed by atoms with Crippen molar-refractivity contribution in [3.63, 3.8) is 0 Å². The third-order valence-corrected chi connectivity index (χ3v) is 28.4. The number of amides is 4. The van der Waals surface area contributed by atoms with E-state index in [1.54, 1.807) is 104 Å². The Morgan fingerprint density at radius 2 is 0.929 bits per heavy atom. The maximum absolute atomic E-state index is 14.9. The highest BCUT2D eigenvalue weighted by Gasteiger charge is 2.66. The molecule has 4 aliphatic heterocycles. The zero-order valence-corrected chi connectivity index (χ0v) is 69.0. The molecule has 8 aliphatic rings. The van der Waals surface area contributed by atoms with Gasteiger partial charge in [-0.3, -0.25) is 47.8 Å². The maximum atomic E-state index is 14.9. The Balaban J connectivity index is 0.000000221. The number of pyridine rings is 2. The fourth-order valence-electron chi connectivity index (χ4n) is 16.7. The van der Waals surface area contributed by atoms with Crippen LogP contribution >= 0.6 is 23.2 Å². The van der Waals surface area contributed by atoms with Gasteiger partial charge in [-0.05, 0) is 213 Å². The van der Waals surface area contributed by atoms with Gasteiger partial charge in [-0.1, -0.05) is 75.2 Å². The lowest BCUT2D eigenvalue weighted by molar-refractivity contribution is -0.160. The summed E-state index contributed by atoms with van der Waals surface area (Å²) in [6.45, 7) is 16.3. The van der Waals surface area contributed by atoms with Gasteiger partial charge in [0.15, 0.2) is 11.6 Å². The predicted octanol–water partition coefficient (Wildman–Crippen LogP) is 13.0. The number of sulfonamides is 2. The highest BCUT2D eigenvalue weighted by Crippen LogP contribution is 2.60. The largest absolute Gasteiger partial charge is 0.497 e. The highest BCUT2D eigenvalue weighted by atomic mass is 35.5. The number of alkyl halides is 2. The number of Topliss-reactive ketones (excluding diaryl/α,β-unsaturated/α-hetero) is 2. The van der Waals surface area contributed by atoms with Crippen LogP contribution < -0.4 is 28.4 Å². The van der Waals surface area contributed by atoms with Crippen molar-refractivity contribution in [3.05, 3.63) is 83.1 Å². The van der Waals surface area contributed by atoms with Gasteiger partial charge in [0.1, 0.15) is 68.1 Å². The molecular weight excluding hydrogens is 1530 g/mol. The van der Waals surface area contributed by atoms with E-state index in [4.69, 9.17) is 51.6 Å². The number of nitrogens with one attached hydrogen (secondary N) is 2. The zero-order chi connectivity index (χ0) is 81.6. The van der Waals surface area contributed by atoms with E-state index in [1.165, 1.54) is 9.80 Å². The Morgan fingerprint density at radius 3 is 1.26 bits per heavy atom. The van der Waals surface area contributed by atoms with Gasteiger partial charge < -0.3 is 38.2 Å². The molecule has 6 fully saturated rings. The first-order chi connectivity index (χ1) is 52.6. The van der Waals surface area contributed by atoms with E-state index in [0.717, 1.165) is 12.8 Å². The van der Waals surface area contributed by atoms with Crippen molar-refractivity contribution < 1.29 is 92.4 Å². The predicted molar refractivity (Wildman–Crippen MR) is 417 cm³/mol. The van der Waals surface area contributed by atoms with Gasteiger partial charge in [0.25, 0.3) is 0 Å². The van der Waals surface area contributed by atoms with Crippen molar-refractivity contribution in [3.8, 4) is 23.3 Å². The summed E-state index contributed by atoms with van der Waals surface area (Å²) in [6, 6.07) is 11.8. The number of carbonyl (C=O) groups excluding carboxylic acids is 8. The first-order valence-corrected chi connectivity index (χ1v) is 42.6. The third kappa shape index (κ3) is 19.2. The third-order valence-electron chi connectivity index (χ3n) is 23.7. The fraction of sp³-hybridized carbons (Fsp3) is 0.634. The number of aromatic nitrogens is 2. The van der Waals surface area contributed by atoms with Crippen LogP contribution in [0.25, 0.3) is 21.5 Å². The summed E-state index contributed by atoms with van der Waals surface area (Å²) in [7, 11) is -5.60. The number of esters is 2. The van der Waals surface area contributed by atoms with Crippen molar-refractivity contribution >= 4 is 112 Å². The second-order valence-electron chi connectivity index (χ2n) is 34.8. The van der Waals surface area contributed by atoms with Gasteiger partial charge >= 0.3 is 11.9 Å². The topological polar surface area (TPSA) is 317 Å². The molecule has 30 heteroatoms. The molecule has 2 aromatic heterocycles. The lowest BCUT2D eigenvalue weighted by Gasteiger charge is -2.32. The summed E-state index contributed by atoms with van der Waals surface area (Å²) in [5.74, 6) is -5.57. The van der Waals surface area contributed by atoms with Crippen molar-refractivity contribution in [2.75, 3.05) is 40.7 Å². The SMILES string of the molecule is COc1ccc2c(O[C@@H]3C[C@H]4C(=O)C[C@]5(C(=O)NS(=O)(=O)C6(CF)CC6)C[C@H]5/C=C\CC[C@@H](C)C[C@@H](C)[C@H](CC(=O)OC(C)(C)C)C(=O)N4C3)nc(Cl)cc2c1.COc1ccc2c(O[C@@H]3C[C@H]4C(=O)C[C@]5(C(=O)NS(=O)(=O)C6(CF)CC6)C[C@H]5/C=C\CC[C@H](C)C[C@@H](C)[C@H](CC(=O)OC(C)(C)C)C(=O)N4C3)nc(Cl)cc2c1. The molecule has 4 aliphatic carbocycles. The van der Waals surface area contributed by atoms with Crippen LogP contribution in [0.1, 0.15) is 185 Å². The molecule has 0 bridgehead atoms. The van der Waals surface area contributed by atoms with Crippen LogP contribution in [-0.4, -0.2) is 169 Å². The molecular formula is C82H106Cl2F2N6O18S2. The quantitative estimate of drug-likeness (QED) is 0.0531. The number of hydrogen-bond acceptors (Lipinski definition) is 20. The van der Waals surface area contributed by atoms with Crippen molar-refractivity contribution in [2.24, 2.45) is 58.2 Å². The number of fused-ring (bicyclic) bond motifs is 6. The molecule has 24 nitrogen and oxygen atoms in total. The number of allylic oxidation sites excluding steroid dienone is 4. The number of hydrogen-bond donors (Lipinski definition) is 2. The molecule has 14 atom stereocenters. The minimum Gasteiger partial charge on any atom is -0.497 e. The number of benzene rings is 2. The van der Waals surface area contributed by atoms with Crippen LogP contribution in [0, 0.1) is 58.2 Å². The van der Waals surface area contributed by atoms with E-state index < -0.39 is 160 Å². The molecule has 0 unspecified atom stereocenters. The number of ether oxygens (including phenoxy) is 6. The fourth-order valence-corrected chi connectivity index (χ4v) is 20.0. The Labute approximate surface area is 664 Å². The van der Waals surface area contributed by atoms with Gasteiger partial charge in [-0.2, -0.15) is 0 Å². The summed E-state index contributed by atoms with van der Waals surface area (Å²) in [5, 5.41) is 3.00. The first-order valence-electron chi connectivity index (χ1n) is 38.9. The monoisotopic (exact) mass is 1630 g/mol. The molecule has 112 heavy (non-hydrogen) atoms. The standard InChI is InChI=1S/2C41H53ClFN3O9S/c2*1-24-9-7-8-10-27-20-41(27,38(50)45-56(51,52)40(23-43)13-14-40)21-33(47)32-18-29(54-36-30-12-11-28(53-6)16-26(30)17-34(42)44-36)22-46(32)37(49)31(25(2)15-24)19-35(48)55-39(3,4)5/h2*8,10-12,16-17,24-25,27,29,31-32H,7,9,13-15,18-23H2,1-6H3,(H,45,50)/b2*10-8-/t24-,25+,27+,29+,31-,32-,41+;24-,25-,27-,29-,31+,32+,41-/m01/s1. The molecule has 2 saturated heterocycles. The molecule has 6 heterocycles. The van der Waals surface area contributed by atoms with E-state index in [-0.39, 0.29) is 136 Å². The average Bonchev–Trinajstić information content (AvgIpc) is 1.57.